The predicted molar refractivity (Wildman–Crippen MR) is 78.1 cm³/mol. The molecule has 0 aliphatic rings. The van der Waals surface area contributed by atoms with E-state index in [1.54, 1.807) is 6.20 Å². The lowest BCUT2D eigenvalue weighted by molar-refractivity contribution is -0.115. The molecule has 0 saturated heterocycles. The summed E-state index contributed by atoms with van der Waals surface area (Å²) < 4.78 is 0.906. The largest absolute Gasteiger partial charge is 0.302 e. The van der Waals surface area contributed by atoms with E-state index < -0.39 is 0 Å². The maximum absolute atomic E-state index is 11.8. The highest BCUT2D eigenvalue weighted by Crippen LogP contribution is 2.23. The van der Waals surface area contributed by atoms with Gasteiger partial charge in [-0.3, -0.25) is 4.79 Å². The maximum Gasteiger partial charge on any atom is 0.230 e. The van der Waals surface area contributed by atoms with E-state index >= 15 is 0 Å². The van der Waals surface area contributed by atoms with Crippen molar-refractivity contribution in [2.75, 3.05) is 5.32 Å². The van der Waals surface area contributed by atoms with Gasteiger partial charge in [0.05, 0.1) is 16.4 Å². The summed E-state index contributed by atoms with van der Waals surface area (Å²) in [5.41, 5.74) is 3.46. The number of thiazole rings is 1. The summed E-state index contributed by atoms with van der Waals surface area (Å²) in [5, 5.41) is 3.40. The molecule has 18 heavy (non-hydrogen) atoms. The van der Waals surface area contributed by atoms with Gasteiger partial charge in [0, 0.05) is 0 Å². The van der Waals surface area contributed by atoms with E-state index in [-0.39, 0.29) is 5.91 Å². The molecule has 1 N–H and O–H groups in total. The van der Waals surface area contributed by atoms with Crippen LogP contribution in [-0.4, -0.2) is 10.9 Å². The monoisotopic (exact) mass is 324 g/mol. The van der Waals surface area contributed by atoms with Crippen molar-refractivity contribution in [2.45, 2.75) is 20.3 Å². The highest BCUT2D eigenvalue weighted by molar-refractivity contribution is 9.11. The quantitative estimate of drug-likeness (QED) is 0.935. The van der Waals surface area contributed by atoms with E-state index in [2.05, 4.69) is 40.1 Å². The van der Waals surface area contributed by atoms with Gasteiger partial charge in [-0.1, -0.05) is 29.5 Å². The lowest BCUT2D eigenvalue weighted by atomic mass is 10.0. The lowest BCUT2D eigenvalue weighted by Crippen LogP contribution is -2.14. The number of nitrogens with zero attached hydrogens (tertiary/aromatic N) is 1. The predicted octanol–water partition coefficient (Wildman–Crippen LogP) is 3.70. The van der Waals surface area contributed by atoms with Crippen molar-refractivity contribution in [3.8, 4) is 0 Å². The summed E-state index contributed by atoms with van der Waals surface area (Å²) in [6.45, 7) is 4.11. The number of anilines is 1. The van der Waals surface area contributed by atoms with Crippen LogP contribution < -0.4 is 5.32 Å². The number of aryl methyl sites for hydroxylation is 2. The Labute approximate surface area is 118 Å². The van der Waals surface area contributed by atoms with E-state index in [1.807, 2.05) is 18.2 Å². The van der Waals surface area contributed by atoms with Crippen LogP contribution in [0.1, 0.15) is 16.7 Å². The number of halogens is 1. The first-order valence-corrected chi connectivity index (χ1v) is 7.13. The SMILES string of the molecule is Cc1ccc(CC(=O)Nc2ncc(Br)s2)cc1C. The molecular formula is C13H13BrN2OS. The summed E-state index contributed by atoms with van der Waals surface area (Å²) >= 11 is 4.72. The minimum absolute atomic E-state index is 0.0416. The zero-order valence-electron chi connectivity index (χ0n) is 10.2. The second-order valence-electron chi connectivity index (χ2n) is 4.11. The Morgan fingerprint density at radius 2 is 2.17 bits per heavy atom. The Morgan fingerprint density at radius 3 is 2.78 bits per heavy atom. The molecule has 0 radical (unpaired) electrons. The Kier molecular flexibility index (Phi) is 4.14. The molecular weight excluding hydrogens is 312 g/mol. The average Bonchev–Trinajstić information content (AvgIpc) is 2.69. The number of hydrogen-bond acceptors (Lipinski definition) is 3. The van der Waals surface area contributed by atoms with Gasteiger partial charge in [-0.15, -0.1) is 0 Å². The van der Waals surface area contributed by atoms with Crippen molar-refractivity contribution in [1.82, 2.24) is 4.98 Å². The molecule has 0 spiro atoms. The average molecular weight is 325 g/mol. The van der Waals surface area contributed by atoms with Crippen LogP contribution in [-0.2, 0) is 11.2 Å². The van der Waals surface area contributed by atoms with Crippen LogP contribution in [0.2, 0.25) is 0 Å². The number of aromatic nitrogens is 1. The minimum Gasteiger partial charge on any atom is -0.302 e. The fraction of sp³-hybridized carbons (Fsp3) is 0.231. The summed E-state index contributed by atoms with van der Waals surface area (Å²) in [5.74, 6) is -0.0416. The Bertz CT molecular complexity index is 580. The molecule has 0 atom stereocenters. The van der Waals surface area contributed by atoms with Crippen molar-refractivity contribution >= 4 is 38.3 Å². The third-order valence-electron chi connectivity index (χ3n) is 2.66. The Hall–Kier alpha value is -1.20. The van der Waals surface area contributed by atoms with E-state index in [0.29, 0.717) is 11.6 Å². The highest BCUT2D eigenvalue weighted by atomic mass is 79.9. The zero-order chi connectivity index (χ0) is 13.1. The van der Waals surface area contributed by atoms with Crippen LogP contribution in [0.4, 0.5) is 5.13 Å². The molecule has 0 aliphatic carbocycles. The van der Waals surface area contributed by atoms with E-state index in [4.69, 9.17) is 0 Å². The van der Waals surface area contributed by atoms with Gasteiger partial charge in [0.2, 0.25) is 5.91 Å². The first-order chi connectivity index (χ1) is 8.54. The topological polar surface area (TPSA) is 42.0 Å². The number of amides is 1. The molecule has 0 aliphatic heterocycles. The number of benzene rings is 1. The Morgan fingerprint density at radius 1 is 1.39 bits per heavy atom. The second-order valence-corrected chi connectivity index (χ2v) is 6.52. The molecule has 5 heteroatoms. The lowest BCUT2D eigenvalue weighted by Gasteiger charge is -2.05. The normalized spacial score (nSPS) is 10.4. The van der Waals surface area contributed by atoms with Crippen molar-refractivity contribution in [2.24, 2.45) is 0 Å². The third kappa shape index (κ3) is 3.40. The van der Waals surface area contributed by atoms with Gasteiger partial charge in [0.25, 0.3) is 0 Å². The molecule has 0 fully saturated rings. The zero-order valence-corrected chi connectivity index (χ0v) is 12.6. The van der Waals surface area contributed by atoms with Crippen molar-refractivity contribution in [3.63, 3.8) is 0 Å². The molecule has 1 amide bonds. The molecule has 1 aromatic carbocycles. The van der Waals surface area contributed by atoms with Gasteiger partial charge in [0.1, 0.15) is 0 Å². The second kappa shape index (κ2) is 5.63. The van der Waals surface area contributed by atoms with Gasteiger partial charge in [-0.05, 0) is 46.5 Å². The van der Waals surface area contributed by atoms with E-state index in [0.717, 1.165) is 9.35 Å². The fourth-order valence-electron chi connectivity index (χ4n) is 1.57. The molecule has 2 aromatic rings. The molecule has 0 unspecified atom stereocenters. The molecule has 1 aromatic heterocycles. The number of nitrogens with one attached hydrogen (secondary N) is 1. The van der Waals surface area contributed by atoms with Crippen LogP contribution in [0.5, 0.6) is 0 Å². The first-order valence-electron chi connectivity index (χ1n) is 5.52. The summed E-state index contributed by atoms with van der Waals surface area (Å²) in [6.07, 6.45) is 2.05. The smallest absolute Gasteiger partial charge is 0.230 e. The molecule has 2 rings (SSSR count). The van der Waals surface area contributed by atoms with Gasteiger partial charge in [-0.25, -0.2) is 4.98 Å². The van der Waals surface area contributed by atoms with Crippen molar-refractivity contribution in [3.05, 3.63) is 44.9 Å². The fourth-order valence-corrected chi connectivity index (χ4v) is 2.70. The standard InChI is InChI=1S/C13H13BrN2OS/c1-8-3-4-10(5-9(8)2)6-12(17)16-13-15-7-11(14)18-13/h3-5,7H,6H2,1-2H3,(H,15,16,17). The number of hydrogen-bond donors (Lipinski definition) is 1. The van der Waals surface area contributed by atoms with Crippen LogP contribution >= 0.6 is 27.3 Å². The summed E-state index contributed by atoms with van der Waals surface area (Å²) in [7, 11) is 0. The Balaban J connectivity index is 2.00. The maximum atomic E-state index is 11.8. The summed E-state index contributed by atoms with van der Waals surface area (Å²) in [4.78, 5) is 15.9. The van der Waals surface area contributed by atoms with Crippen LogP contribution in [0.3, 0.4) is 0 Å². The van der Waals surface area contributed by atoms with Crippen LogP contribution in [0.25, 0.3) is 0 Å². The van der Waals surface area contributed by atoms with Crippen LogP contribution in [0, 0.1) is 13.8 Å². The number of carbonyl (C=O) groups is 1. The minimum atomic E-state index is -0.0416. The first kappa shape index (κ1) is 13.2. The van der Waals surface area contributed by atoms with E-state index in [1.165, 1.54) is 22.5 Å². The van der Waals surface area contributed by atoms with Gasteiger partial charge < -0.3 is 5.32 Å². The van der Waals surface area contributed by atoms with Crippen molar-refractivity contribution in [1.29, 1.82) is 0 Å². The van der Waals surface area contributed by atoms with Gasteiger partial charge in [0.15, 0.2) is 5.13 Å². The van der Waals surface area contributed by atoms with Crippen LogP contribution in [0.15, 0.2) is 28.2 Å². The molecule has 0 bridgehead atoms. The third-order valence-corrected chi connectivity index (χ3v) is 4.05. The molecule has 3 nitrogen and oxygen atoms in total. The number of carbonyl (C=O) groups excluding carboxylic acids is 1. The van der Waals surface area contributed by atoms with Gasteiger partial charge in [-0.2, -0.15) is 0 Å². The van der Waals surface area contributed by atoms with E-state index in [9.17, 15) is 4.79 Å². The molecule has 94 valence electrons. The van der Waals surface area contributed by atoms with Crippen molar-refractivity contribution < 1.29 is 4.79 Å². The highest BCUT2D eigenvalue weighted by Gasteiger charge is 2.07. The summed E-state index contributed by atoms with van der Waals surface area (Å²) in [6, 6.07) is 6.07. The van der Waals surface area contributed by atoms with Gasteiger partial charge >= 0.3 is 0 Å². The number of rotatable bonds is 3. The molecule has 0 saturated carbocycles. The molecule has 1 heterocycles.